The van der Waals surface area contributed by atoms with Gasteiger partial charge in [0.25, 0.3) is 0 Å². The van der Waals surface area contributed by atoms with Crippen molar-refractivity contribution in [2.24, 2.45) is 0 Å². The number of allylic oxidation sites excluding steroid dienone is 1. The summed E-state index contributed by atoms with van der Waals surface area (Å²) in [6.07, 6.45) is 19.5. The van der Waals surface area contributed by atoms with Crippen LogP contribution in [0, 0.1) is 0 Å². The van der Waals surface area contributed by atoms with Gasteiger partial charge in [0, 0.05) is 6.42 Å². The van der Waals surface area contributed by atoms with Gasteiger partial charge in [-0.1, -0.05) is 97.6 Å². The molecule has 0 aromatic carbocycles. The third kappa shape index (κ3) is 15.3. The molecule has 0 unspecified atom stereocenters. The van der Waals surface area contributed by atoms with Crippen molar-refractivity contribution < 1.29 is 14.6 Å². The third-order valence-corrected chi connectivity index (χ3v) is 10.8. The van der Waals surface area contributed by atoms with E-state index in [1.54, 1.807) is 0 Å². The molecule has 0 spiro atoms. The summed E-state index contributed by atoms with van der Waals surface area (Å²) >= 11 is 0. The van der Waals surface area contributed by atoms with E-state index in [-0.39, 0.29) is 17.7 Å². The molecule has 0 rings (SSSR count). The maximum atomic E-state index is 10.3. The van der Waals surface area contributed by atoms with Gasteiger partial charge in [0.05, 0.1) is 18.8 Å². The first kappa shape index (κ1) is 28.8. The van der Waals surface area contributed by atoms with Crippen molar-refractivity contribution >= 4 is 8.32 Å². The minimum atomic E-state index is -1.92. The van der Waals surface area contributed by atoms with Crippen LogP contribution in [0.2, 0.25) is 18.1 Å². The van der Waals surface area contributed by atoms with Crippen LogP contribution in [-0.2, 0) is 4.43 Å². The maximum absolute atomic E-state index is 10.3. The molecule has 29 heavy (non-hydrogen) atoms. The Morgan fingerprint density at radius 2 is 1.38 bits per heavy atom. The molecule has 0 bridgehead atoms. The van der Waals surface area contributed by atoms with E-state index in [1.165, 1.54) is 64.2 Å². The Labute approximate surface area is 183 Å². The second kappa shape index (κ2) is 16.5. The molecule has 0 fully saturated rings. The molecule has 0 aliphatic rings. The predicted octanol–water partition coefficient (Wildman–Crippen LogP) is 7.38. The molecular weight excluding hydrogens is 376 g/mol. The fourth-order valence-electron chi connectivity index (χ4n) is 3.27. The lowest BCUT2D eigenvalue weighted by Crippen LogP contribution is -2.45. The van der Waals surface area contributed by atoms with Crippen molar-refractivity contribution in [3.8, 4) is 0 Å². The summed E-state index contributed by atoms with van der Waals surface area (Å²) in [5, 5.41) is 20.1. The van der Waals surface area contributed by atoms with Crippen molar-refractivity contribution in [1.82, 2.24) is 0 Å². The predicted molar refractivity (Wildman–Crippen MR) is 130 cm³/mol. The average Bonchev–Trinajstić information content (AvgIpc) is 2.63. The lowest BCUT2D eigenvalue weighted by atomic mass is 10.1. The molecule has 174 valence electrons. The minimum absolute atomic E-state index is 0.0219. The van der Waals surface area contributed by atoms with E-state index in [0.717, 1.165) is 6.42 Å². The van der Waals surface area contributed by atoms with Crippen LogP contribution < -0.4 is 0 Å². The monoisotopic (exact) mass is 428 g/mol. The van der Waals surface area contributed by atoms with Gasteiger partial charge in [-0.3, -0.25) is 0 Å². The van der Waals surface area contributed by atoms with Crippen molar-refractivity contribution in [3.63, 3.8) is 0 Å². The van der Waals surface area contributed by atoms with E-state index in [2.05, 4.69) is 52.9 Å². The van der Waals surface area contributed by atoms with E-state index >= 15 is 0 Å². The van der Waals surface area contributed by atoms with Gasteiger partial charge in [-0.25, -0.2) is 0 Å². The molecule has 0 heterocycles. The van der Waals surface area contributed by atoms with Crippen molar-refractivity contribution in [1.29, 1.82) is 0 Å². The standard InChI is InChI=1S/C25H52O3Si/c1-7-8-9-10-11-12-13-14-15-16-17-18-19-20-23(27)21-24(22-26)28-29(5,6)25(2,3)4/h18-19,23-24,26-27H,7-17,20-22H2,1-6H3/b19-18+/t23-,24-/m0/s1. The molecule has 3 nitrogen and oxygen atoms in total. The summed E-state index contributed by atoms with van der Waals surface area (Å²) in [4.78, 5) is 0. The molecular formula is C25H52O3Si. The van der Waals surface area contributed by atoms with Crippen LogP contribution in [0.25, 0.3) is 0 Å². The summed E-state index contributed by atoms with van der Waals surface area (Å²) in [6, 6.07) is 0. The van der Waals surface area contributed by atoms with Gasteiger partial charge in [-0.15, -0.1) is 0 Å². The molecule has 0 saturated heterocycles. The average molecular weight is 429 g/mol. The van der Waals surface area contributed by atoms with E-state index in [9.17, 15) is 10.2 Å². The maximum Gasteiger partial charge on any atom is 0.192 e. The molecule has 0 aliphatic heterocycles. The molecule has 0 radical (unpaired) electrons. The van der Waals surface area contributed by atoms with Crippen LogP contribution in [0.15, 0.2) is 12.2 Å². The zero-order valence-electron chi connectivity index (χ0n) is 20.5. The molecule has 2 atom stereocenters. The summed E-state index contributed by atoms with van der Waals surface area (Å²) in [5.74, 6) is 0. The van der Waals surface area contributed by atoms with Gasteiger partial charge in [-0.05, 0) is 37.4 Å². The number of hydrogen-bond acceptors (Lipinski definition) is 3. The highest BCUT2D eigenvalue weighted by atomic mass is 28.4. The Morgan fingerprint density at radius 3 is 1.86 bits per heavy atom. The molecule has 0 amide bonds. The van der Waals surface area contributed by atoms with Crippen LogP contribution in [-0.4, -0.2) is 37.3 Å². The number of unbranched alkanes of at least 4 members (excludes halogenated alkanes) is 10. The zero-order chi connectivity index (χ0) is 22.2. The van der Waals surface area contributed by atoms with Crippen LogP contribution in [0.3, 0.4) is 0 Å². The van der Waals surface area contributed by atoms with Crippen molar-refractivity contribution in [2.45, 2.75) is 142 Å². The topological polar surface area (TPSA) is 49.7 Å². The highest BCUT2D eigenvalue weighted by Crippen LogP contribution is 2.37. The summed E-state index contributed by atoms with van der Waals surface area (Å²) in [6.45, 7) is 13.2. The minimum Gasteiger partial charge on any atom is -0.412 e. The quantitative estimate of drug-likeness (QED) is 0.136. The van der Waals surface area contributed by atoms with Gasteiger partial charge in [0.2, 0.25) is 0 Å². The second-order valence-electron chi connectivity index (χ2n) is 10.3. The lowest BCUT2D eigenvalue weighted by molar-refractivity contribution is 0.0496. The first-order valence-corrected chi connectivity index (χ1v) is 15.2. The fraction of sp³-hybridized carbons (Fsp3) is 0.920. The van der Waals surface area contributed by atoms with Crippen LogP contribution in [0.5, 0.6) is 0 Å². The number of rotatable bonds is 18. The molecule has 2 N–H and O–H groups in total. The Kier molecular flexibility index (Phi) is 16.4. The Balaban J connectivity index is 3.80. The zero-order valence-corrected chi connectivity index (χ0v) is 21.5. The molecule has 4 heteroatoms. The largest absolute Gasteiger partial charge is 0.412 e. The van der Waals surface area contributed by atoms with Crippen LogP contribution in [0.4, 0.5) is 0 Å². The van der Waals surface area contributed by atoms with Crippen molar-refractivity contribution in [3.05, 3.63) is 12.2 Å². The SMILES string of the molecule is CCCCCCCCCCCC/C=C/C[C@H](O)C[C@@H](CO)O[Si](C)(C)C(C)(C)C. The van der Waals surface area contributed by atoms with E-state index in [1.807, 2.05) is 0 Å². The second-order valence-corrected chi connectivity index (χ2v) is 15.0. The third-order valence-electron chi connectivity index (χ3n) is 6.31. The highest BCUT2D eigenvalue weighted by molar-refractivity contribution is 6.74. The van der Waals surface area contributed by atoms with Gasteiger partial charge in [-0.2, -0.15) is 0 Å². The summed E-state index contributed by atoms with van der Waals surface area (Å²) < 4.78 is 6.25. The first-order chi connectivity index (χ1) is 13.6. The normalized spacial score (nSPS) is 15.2. The molecule has 0 aliphatic carbocycles. The number of hydrogen-bond donors (Lipinski definition) is 2. The van der Waals surface area contributed by atoms with Gasteiger partial charge < -0.3 is 14.6 Å². The van der Waals surface area contributed by atoms with E-state index in [0.29, 0.717) is 12.8 Å². The Bertz CT molecular complexity index is 401. The number of aliphatic hydroxyl groups is 2. The summed E-state index contributed by atoms with van der Waals surface area (Å²) in [7, 11) is -1.92. The molecule has 0 aromatic heterocycles. The Morgan fingerprint density at radius 1 is 0.862 bits per heavy atom. The van der Waals surface area contributed by atoms with Crippen LogP contribution >= 0.6 is 0 Å². The van der Waals surface area contributed by atoms with Crippen LogP contribution in [0.1, 0.15) is 111 Å². The smallest absolute Gasteiger partial charge is 0.192 e. The number of aliphatic hydroxyl groups excluding tert-OH is 2. The Hall–Kier alpha value is -0.163. The van der Waals surface area contributed by atoms with Gasteiger partial charge in [0.15, 0.2) is 8.32 Å². The highest BCUT2D eigenvalue weighted by Gasteiger charge is 2.39. The van der Waals surface area contributed by atoms with E-state index < -0.39 is 14.4 Å². The van der Waals surface area contributed by atoms with Crippen molar-refractivity contribution in [2.75, 3.05) is 6.61 Å². The molecule has 0 saturated carbocycles. The van der Waals surface area contributed by atoms with Gasteiger partial charge >= 0.3 is 0 Å². The van der Waals surface area contributed by atoms with Gasteiger partial charge in [0.1, 0.15) is 0 Å². The van der Waals surface area contributed by atoms with E-state index in [4.69, 9.17) is 4.43 Å². The lowest BCUT2D eigenvalue weighted by Gasteiger charge is -2.39. The molecule has 0 aromatic rings. The summed E-state index contributed by atoms with van der Waals surface area (Å²) in [5.41, 5.74) is 0. The fourth-order valence-corrected chi connectivity index (χ4v) is 4.63. The first-order valence-electron chi connectivity index (χ1n) is 12.3.